The van der Waals surface area contributed by atoms with Crippen LogP contribution in [0.15, 0.2) is 96.0 Å². The molecular formula is C38H34N6O3S. The lowest BCUT2D eigenvalue weighted by atomic mass is 10.0. The minimum atomic E-state index is -0.147. The summed E-state index contributed by atoms with van der Waals surface area (Å²) in [6, 6.07) is 33.2. The third-order valence-electron chi connectivity index (χ3n) is 8.87. The van der Waals surface area contributed by atoms with Crippen molar-refractivity contribution in [3.63, 3.8) is 0 Å². The summed E-state index contributed by atoms with van der Waals surface area (Å²) in [6.07, 6.45) is 2.91. The van der Waals surface area contributed by atoms with Crippen LogP contribution >= 0.6 is 11.9 Å². The largest absolute Gasteiger partial charge is 0.489 e. The second-order valence-corrected chi connectivity index (χ2v) is 12.8. The van der Waals surface area contributed by atoms with Crippen molar-refractivity contribution in [2.75, 3.05) is 44.3 Å². The molecule has 3 aromatic carbocycles. The Morgan fingerprint density at radius 2 is 1.67 bits per heavy atom. The van der Waals surface area contributed by atoms with Crippen LogP contribution in [-0.2, 0) is 9.53 Å². The molecule has 5 aromatic rings. The molecule has 0 N–H and O–H groups in total. The third-order valence-corrected chi connectivity index (χ3v) is 9.91. The monoisotopic (exact) mass is 654 g/mol. The van der Waals surface area contributed by atoms with Crippen molar-refractivity contribution < 1.29 is 14.3 Å². The van der Waals surface area contributed by atoms with Gasteiger partial charge in [0.05, 0.1) is 30.5 Å². The van der Waals surface area contributed by atoms with Crippen LogP contribution in [0.25, 0.3) is 33.4 Å². The molecule has 2 aliphatic rings. The number of hydrogen-bond donors (Lipinski definition) is 0. The van der Waals surface area contributed by atoms with Gasteiger partial charge in [-0.1, -0.05) is 36.4 Å². The molecule has 0 radical (unpaired) electrons. The highest BCUT2D eigenvalue weighted by Gasteiger charge is 2.25. The molecule has 240 valence electrons. The SMILES string of the molecule is N#CCC(=O)N1CCC(Oc2ccc(-c3ccnc4c3cc(-c3ccc(N5CCOCC5)cc3)n4Sc3ccccc3)cc2C#N)CC1. The van der Waals surface area contributed by atoms with Crippen LogP contribution in [0.3, 0.4) is 0 Å². The van der Waals surface area contributed by atoms with Gasteiger partial charge in [-0.2, -0.15) is 10.5 Å². The first-order valence-electron chi connectivity index (χ1n) is 16.1. The van der Waals surface area contributed by atoms with E-state index in [1.54, 1.807) is 16.8 Å². The zero-order chi connectivity index (χ0) is 32.9. The van der Waals surface area contributed by atoms with Gasteiger partial charge >= 0.3 is 0 Å². The van der Waals surface area contributed by atoms with Crippen molar-refractivity contribution in [3.8, 4) is 40.3 Å². The highest BCUT2D eigenvalue weighted by atomic mass is 32.2. The van der Waals surface area contributed by atoms with Gasteiger partial charge in [-0.15, -0.1) is 0 Å². The number of piperidine rings is 1. The molecule has 2 aliphatic heterocycles. The van der Waals surface area contributed by atoms with Crippen molar-refractivity contribution in [2.24, 2.45) is 0 Å². The molecule has 0 atom stereocenters. The number of ether oxygens (including phenoxy) is 2. The minimum absolute atomic E-state index is 0.106. The molecule has 2 saturated heterocycles. The number of carbonyl (C=O) groups is 1. The van der Waals surface area contributed by atoms with Crippen molar-refractivity contribution in [1.29, 1.82) is 10.5 Å². The van der Waals surface area contributed by atoms with E-state index >= 15 is 0 Å². The summed E-state index contributed by atoms with van der Waals surface area (Å²) in [7, 11) is 0. The molecule has 0 aliphatic carbocycles. The van der Waals surface area contributed by atoms with Crippen molar-refractivity contribution >= 4 is 34.6 Å². The van der Waals surface area contributed by atoms with Gasteiger partial charge in [0.15, 0.2) is 5.65 Å². The van der Waals surface area contributed by atoms with Gasteiger partial charge in [-0.25, -0.2) is 4.98 Å². The summed E-state index contributed by atoms with van der Waals surface area (Å²) < 4.78 is 14.0. The normalized spacial score (nSPS) is 15.2. The number of nitrogens with zero attached hydrogens (tertiary/aromatic N) is 6. The summed E-state index contributed by atoms with van der Waals surface area (Å²) in [5.41, 5.74) is 6.48. The second-order valence-electron chi connectivity index (χ2n) is 11.8. The molecule has 0 spiro atoms. The maximum Gasteiger partial charge on any atom is 0.236 e. The Kier molecular flexibility index (Phi) is 9.28. The minimum Gasteiger partial charge on any atom is -0.489 e. The van der Waals surface area contributed by atoms with Crippen LogP contribution in [0.1, 0.15) is 24.8 Å². The van der Waals surface area contributed by atoms with Gasteiger partial charge in [0.1, 0.15) is 24.3 Å². The highest BCUT2D eigenvalue weighted by molar-refractivity contribution is 7.98. The fraction of sp³-hybridized carbons (Fsp3) is 0.263. The number of aromatic nitrogens is 2. The van der Waals surface area contributed by atoms with E-state index in [0.29, 0.717) is 37.2 Å². The van der Waals surface area contributed by atoms with E-state index in [1.807, 2.05) is 54.7 Å². The van der Waals surface area contributed by atoms with E-state index in [9.17, 15) is 10.1 Å². The number of morpholine rings is 1. The highest BCUT2D eigenvalue weighted by Crippen LogP contribution is 2.39. The molecule has 0 saturated carbocycles. The second kappa shape index (κ2) is 14.2. The number of amides is 1. The van der Waals surface area contributed by atoms with E-state index in [-0.39, 0.29) is 18.4 Å². The maximum absolute atomic E-state index is 12.1. The molecular weight excluding hydrogens is 621 g/mol. The molecule has 2 aromatic heterocycles. The number of anilines is 1. The zero-order valence-electron chi connectivity index (χ0n) is 26.4. The summed E-state index contributed by atoms with van der Waals surface area (Å²) in [6.45, 7) is 4.32. The molecule has 2 fully saturated rings. The predicted molar refractivity (Wildman–Crippen MR) is 187 cm³/mol. The van der Waals surface area contributed by atoms with Crippen LogP contribution in [0.5, 0.6) is 5.75 Å². The number of pyridine rings is 1. The predicted octanol–water partition coefficient (Wildman–Crippen LogP) is 6.92. The fourth-order valence-electron chi connectivity index (χ4n) is 6.34. The van der Waals surface area contributed by atoms with Crippen molar-refractivity contribution in [2.45, 2.75) is 30.3 Å². The lowest BCUT2D eigenvalue weighted by Gasteiger charge is -2.32. The topological polar surface area (TPSA) is 107 Å². The number of benzene rings is 3. The Balaban J connectivity index is 1.20. The summed E-state index contributed by atoms with van der Waals surface area (Å²) in [4.78, 5) is 22.1. The molecule has 7 rings (SSSR count). The lowest BCUT2D eigenvalue weighted by Crippen LogP contribution is -2.41. The smallest absolute Gasteiger partial charge is 0.236 e. The van der Waals surface area contributed by atoms with Gasteiger partial charge in [0.25, 0.3) is 0 Å². The molecule has 9 nitrogen and oxygen atoms in total. The zero-order valence-corrected chi connectivity index (χ0v) is 27.2. The summed E-state index contributed by atoms with van der Waals surface area (Å²) in [5.74, 6) is 0.387. The van der Waals surface area contributed by atoms with Crippen LogP contribution in [-0.4, -0.2) is 65.3 Å². The van der Waals surface area contributed by atoms with Crippen molar-refractivity contribution in [1.82, 2.24) is 13.9 Å². The maximum atomic E-state index is 12.1. The average molecular weight is 655 g/mol. The third kappa shape index (κ3) is 6.59. The number of hydrogen-bond acceptors (Lipinski definition) is 8. The number of likely N-dealkylation sites (tertiary alicyclic amines) is 1. The van der Waals surface area contributed by atoms with Crippen LogP contribution in [0, 0.1) is 22.7 Å². The van der Waals surface area contributed by atoms with Crippen LogP contribution < -0.4 is 9.64 Å². The molecule has 0 bridgehead atoms. The van der Waals surface area contributed by atoms with Gasteiger partial charge in [-0.3, -0.25) is 8.77 Å². The van der Waals surface area contributed by atoms with Gasteiger partial charge in [0, 0.05) is 61.2 Å². The first kappa shape index (κ1) is 31.3. The Morgan fingerprint density at radius 3 is 2.40 bits per heavy atom. The quantitative estimate of drug-likeness (QED) is 0.178. The lowest BCUT2D eigenvalue weighted by molar-refractivity contribution is -0.131. The van der Waals surface area contributed by atoms with E-state index in [2.05, 4.69) is 57.4 Å². The molecule has 10 heteroatoms. The standard InChI is InChI=1S/C38H34N6O3S/c39-16-12-37(45)43-18-14-31(15-19-43)47-36-11-8-28(24-29(36)26-40)33-13-17-41-38-34(33)25-35(44(38)48-32-4-2-1-3-5-32)27-6-9-30(10-7-27)42-20-22-46-23-21-42/h1-11,13,17,24-25,31H,12,14-15,18-23H2. The summed E-state index contributed by atoms with van der Waals surface area (Å²) >= 11 is 1.63. The summed E-state index contributed by atoms with van der Waals surface area (Å²) in [5, 5.41) is 20.0. The molecule has 48 heavy (non-hydrogen) atoms. The number of nitriles is 2. The van der Waals surface area contributed by atoms with Gasteiger partial charge in [-0.05, 0) is 77.2 Å². The molecule has 0 unspecified atom stereocenters. The molecule has 1 amide bonds. The van der Waals surface area contributed by atoms with E-state index < -0.39 is 0 Å². The average Bonchev–Trinajstić information content (AvgIpc) is 3.51. The Morgan fingerprint density at radius 1 is 0.917 bits per heavy atom. The van der Waals surface area contributed by atoms with Crippen LogP contribution in [0.2, 0.25) is 0 Å². The first-order chi connectivity index (χ1) is 23.6. The Bertz CT molecular complexity index is 2000. The van der Waals surface area contributed by atoms with Crippen molar-refractivity contribution in [3.05, 3.63) is 96.7 Å². The first-order valence-corrected chi connectivity index (χ1v) is 16.9. The van der Waals surface area contributed by atoms with Gasteiger partial charge < -0.3 is 19.3 Å². The van der Waals surface area contributed by atoms with E-state index in [4.69, 9.17) is 19.7 Å². The van der Waals surface area contributed by atoms with Gasteiger partial charge in [0.2, 0.25) is 5.91 Å². The molecule has 4 heterocycles. The van der Waals surface area contributed by atoms with E-state index in [1.165, 1.54) is 5.69 Å². The fourth-order valence-corrected chi connectivity index (χ4v) is 7.32. The van der Waals surface area contributed by atoms with Crippen LogP contribution in [0.4, 0.5) is 5.69 Å². The Labute approximate surface area is 284 Å². The number of fused-ring (bicyclic) bond motifs is 1. The number of rotatable bonds is 8. The Hall–Kier alpha value is -5.29. The van der Waals surface area contributed by atoms with E-state index in [0.717, 1.165) is 64.6 Å². The number of carbonyl (C=O) groups excluding carboxylic acids is 1.